The maximum absolute atomic E-state index is 12.0. The number of hydrogen-bond acceptors (Lipinski definition) is 8. The van der Waals surface area contributed by atoms with Crippen molar-refractivity contribution in [1.29, 1.82) is 0 Å². The van der Waals surface area contributed by atoms with Crippen LogP contribution in [0.25, 0.3) is 22.6 Å². The number of rotatable bonds is 5. The van der Waals surface area contributed by atoms with Crippen molar-refractivity contribution in [3.05, 3.63) is 61.6 Å². The second kappa shape index (κ2) is 13.8. The number of aliphatic carboxylic acids is 1. The molecule has 0 atom stereocenters. The summed E-state index contributed by atoms with van der Waals surface area (Å²) in [5.41, 5.74) is 9.92. The molecule has 1 amide bonds. The summed E-state index contributed by atoms with van der Waals surface area (Å²) in [7, 11) is 3.20. The number of ether oxygens (including phenoxy) is 2. The summed E-state index contributed by atoms with van der Waals surface area (Å²) in [4.78, 5) is 28.7. The van der Waals surface area contributed by atoms with Crippen LogP contribution in [0, 0.1) is 7.14 Å². The lowest BCUT2D eigenvalue weighted by Gasteiger charge is -2.09. The average Bonchev–Trinajstić information content (AvgIpc) is 3.64. The van der Waals surface area contributed by atoms with Gasteiger partial charge >= 0.3 is 0 Å². The lowest BCUT2D eigenvalue weighted by atomic mass is 10.2. The number of aromatic amines is 3. The summed E-state index contributed by atoms with van der Waals surface area (Å²) >= 11 is 4.25. The molecule has 0 spiro atoms. The maximum atomic E-state index is 12.0. The normalized spacial score (nSPS) is 10.1. The molecule has 0 saturated heterocycles. The molecule has 0 aliphatic rings. The molecule has 5 aromatic rings. The van der Waals surface area contributed by atoms with Crippen LogP contribution >= 0.6 is 45.2 Å². The summed E-state index contributed by atoms with van der Waals surface area (Å²) < 4.78 is 12.0. The van der Waals surface area contributed by atoms with Gasteiger partial charge in [-0.25, -0.2) is 4.98 Å². The van der Waals surface area contributed by atoms with E-state index in [2.05, 4.69) is 58.3 Å². The fourth-order valence-corrected chi connectivity index (χ4v) is 4.08. The summed E-state index contributed by atoms with van der Waals surface area (Å²) in [6, 6.07) is 10.8. The lowest BCUT2D eigenvalue weighted by Crippen LogP contribution is -2.15. The number of carboxylic acids is 1. The van der Waals surface area contributed by atoms with Gasteiger partial charge in [-0.15, -0.1) is 0 Å². The largest absolute Gasteiger partial charge is 0.497 e. The van der Waals surface area contributed by atoms with E-state index in [9.17, 15) is 4.79 Å². The van der Waals surface area contributed by atoms with Gasteiger partial charge in [-0.05, 0) is 69.4 Å². The van der Waals surface area contributed by atoms with Crippen molar-refractivity contribution in [2.24, 2.45) is 0 Å². The summed E-state index contributed by atoms with van der Waals surface area (Å²) in [5, 5.41) is 23.5. The second-order valence-corrected chi connectivity index (χ2v) is 9.91. The Bertz CT molecular complexity index is 1580. The lowest BCUT2D eigenvalue weighted by molar-refractivity contribution is -0.134. The molecule has 0 bridgehead atoms. The van der Waals surface area contributed by atoms with E-state index >= 15 is 0 Å². The first-order valence-electron chi connectivity index (χ1n) is 11.0. The van der Waals surface area contributed by atoms with Crippen LogP contribution in [-0.2, 0) is 4.79 Å². The standard InChI is InChI=1S/C11H11IN4O2.C11H9IN4O.C2H4O2/c1-18-6-2-3-8(13)9(4-6)15-11(17)10-7(12)5-14-16-10;1-17-6-2-3-8-9(4-6)15-11(14-8)10-7(12)5-13-16-10;1-2(3)4/h2-5H,13H2,1H3,(H,14,16)(H,15,17);2-5H,1H3,(H,13,16)(H,14,15);1H3,(H,3,4). The minimum Gasteiger partial charge on any atom is -0.497 e. The van der Waals surface area contributed by atoms with Crippen LogP contribution in [0.1, 0.15) is 17.4 Å². The first-order chi connectivity index (χ1) is 18.6. The molecule has 3 aromatic heterocycles. The predicted octanol–water partition coefficient (Wildman–Crippen LogP) is 4.51. The van der Waals surface area contributed by atoms with Crippen LogP contribution in [0.4, 0.5) is 11.4 Å². The number of halogens is 2. The Morgan fingerprint density at radius 2 is 1.59 bits per heavy atom. The quantitative estimate of drug-likeness (QED) is 0.110. The van der Waals surface area contributed by atoms with E-state index < -0.39 is 5.97 Å². The van der Waals surface area contributed by atoms with Gasteiger partial charge in [-0.1, -0.05) is 0 Å². The molecule has 0 aliphatic carbocycles. The van der Waals surface area contributed by atoms with Gasteiger partial charge in [-0.3, -0.25) is 19.8 Å². The van der Waals surface area contributed by atoms with Crippen molar-refractivity contribution in [3.63, 3.8) is 0 Å². The van der Waals surface area contributed by atoms with E-state index in [0.717, 1.165) is 42.4 Å². The zero-order valence-corrected chi connectivity index (χ0v) is 25.2. The van der Waals surface area contributed by atoms with Gasteiger partial charge in [-0.2, -0.15) is 10.2 Å². The summed E-state index contributed by atoms with van der Waals surface area (Å²) in [6.07, 6.45) is 3.34. The maximum Gasteiger partial charge on any atom is 0.300 e. The number of imidazole rings is 1. The number of fused-ring (bicyclic) bond motifs is 1. The predicted molar refractivity (Wildman–Crippen MR) is 163 cm³/mol. The molecule has 0 fully saturated rings. The van der Waals surface area contributed by atoms with Crippen LogP contribution in [0.3, 0.4) is 0 Å². The Balaban J connectivity index is 0.000000190. The third-order valence-corrected chi connectivity index (χ3v) is 6.48. The number of H-pyrrole nitrogens is 3. The highest BCUT2D eigenvalue weighted by Gasteiger charge is 2.14. The summed E-state index contributed by atoms with van der Waals surface area (Å²) in [6.45, 7) is 1.08. The molecule has 3 heterocycles. The Labute approximate surface area is 249 Å². The van der Waals surface area contributed by atoms with E-state index in [1.165, 1.54) is 0 Å². The molecule has 39 heavy (non-hydrogen) atoms. The number of anilines is 2. The highest BCUT2D eigenvalue weighted by atomic mass is 127. The van der Waals surface area contributed by atoms with Crippen molar-refractivity contribution < 1.29 is 24.2 Å². The molecule has 0 radical (unpaired) electrons. The molecule has 204 valence electrons. The Kier molecular flexibility index (Phi) is 10.5. The smallest absolute Gasteiger partial charge is 0.300 e. The molecule has 7 N–H and O–H groups in total. The molecular formula is C24H24I2N8O5. The van der Waals surface area contributed by atoms with Gasteiger partial charge in [0.25, 0.3) is 11.9 Å². The SMILES string of the molecule is CC(=O)O.COc1ccc(N)c(NC(=O)c2[nH]ncc2I)c1.COc1ccc2nc(-c3[nH]ncc3I)[nH]c2c1. The molecule has 0 saturated carbocycles. The van der Waals surface area contributed by atoms with E-state index in [1.807, 2.05) is 40.8 Å². The van der Waals surface area contributed by atoms with Crippen LogP contribution in [0.15, 0.2) is 48.8 Å². The number of methoxy groups -OCH3 is 2. The van der Waals surface area contributed by atoms with Crippen molar-refractivity contribution in [3.8, 4) is 23.0 Å². The first kappa shape index (κ1) is 29.7. The Morgan fingerprint density at radius 3 is 2.18 bits per heavy atom. The van der Waals surface area contributed by atoms with E-state index in [0.29, 0.717) is 22.8 Å². The van der Waals surface area contributed by atoms with Gasteiger partial charge in [0.1, 0.15) is 22.9 Å². The van der Waals surface area contributed by atoms with Crippen molar-refractivity contribution in [2.75, 3.05) is 25.3 Å². The van der Waals surface area contributed by atoms with E-state index in [-0.39, 0.29) is 5.91 Å². The number of amides is 1. The van der Waals surface area contributed by atoms with Crippen molar-refractivity contribution in [2.45, 2.75) is 6.92 Å². The highest BCUT2D eigenvalue weighted by Crippen LogP contribution is 2.26. The number of hydrogen-bond donors (Lipinski definition) is 6. The third-order valence-electron chi connectivity index (χ3n) is 4.85. The second-order valence-electron chi connectivity index (χ2n) is 7.58. The Morgan fingerprint density at radius 1 is 0.974 bits per heavy atom. The van der Waals surface area contributed by atoms with Gasteiger partial charge in [0, 0.05) is 19.1 Å². The number of carbonyl (C=O) groups excluding carboxylic acids is 1. The fraction of sp³-hybridized carbons (Fsp3) is 0.125. The highest BCUT2D eigenvalue weighted by molar-refractivity contribution is 14.1. The molecule has 0 unspecified atom stereocenters. The fourth-order valence-electron chi connectivity index (χ4n) is 3.06. The number of nitrogens with zero attached hydrogens (tertiary/aromatic N) is 3. The Hall–Kier alpha value is -3.87. The molecule has 5 rings (SSSR count). The number of carbonyl (C=O) groups is 2. The first-order valence-corrected chi connectivity index (χ1v) is 13.1. The van der Waals surface area contributed by atoms with Crippen LogP contribution in [0.2, 0.25) is 0 Å². The van der Waals surface area contributed by atoms with E-state index in [1.54, 1.807) is 44.8 Å². The number of aromatic nitrogens is 6. The van der Waals surface area contributed by atoms with Gasteiger partial charge in [0.15, 0.2) is 5.82 Å². The van der Waals surface area contributed by atoms with Crippen LogP contribution in [-0.4, -0.2) is 61.6 Å². The van der Waals surface area contributed by atoms with Crippen molar-refractivity contribution >= 4 is 79.5 Å². The number of nitrogen functional groups attached to an aromatic ring is 1. The monoisotopic (exact) mass is 758 g/mol. The minimum absolute atomic E-state index is 0.295. The topological polar surface area (TPSA) is 197 Å². The zero-order valence-electron chi connectivity index (χ0n) is 20.9. The third kappa shape index (κ3) is 8.06. The van der Waals surface area contributed by atoms with Crippen molar-refractivity contribution in [1.82, 2.24) is 30.4 Å². The number of nitrogens with two attached hydrogens (primary N) is 1. The number of benzene rings is 2. The molecular weight excluding hydrogens is 734 g/mol. The molecule has 0 aliphatic heterocycles. The molecule has 13 nitrogen and oxygen atoms in total. The van der Waals surface area contributed by atoms with Gasteiger partial charge in [0.05, 0.1) is 56.2 Å². The molecule has 2 aromatic carbocycles. The van der Waals surface area contributed by atoms with Crippen LogP contribution < -0.4 is 20.5 Å². The molecule has 15 heteroatoms. The zero-order chi connectivity index (χ0) is 28.5. The average molecular weight is 758 g/mol. The van der Waals surface area contributed by atoms with Gasteiger partial charge < -0.3 is 30.6 Å². The van der Waals surface area contributed by atoms with Gasteiger partial charge in [0.2, 0.25) is 0 Å². The number of nitrogens with one attached hydrogen (secondary N) is 4. The van der Waals surface area contributed by atoms with Crippen LogP contribution in [0.5, 0.6) is 11.5 Å². The van der Waals surface area contributed by atoms with E-state index in [4.69, 9.17) is 25.1 Å². The number of carboxylic acid groups (broad SMARTS) is 1. The minimum atomic E-state index is -0.833. The summed E-state index contributed by atoms with van der Waals surface area (Å²) in [5.74, 6) is 1.10.